The lowest BCUT2D eigenvalue weighted by Gasteiger charge is -2.46. The number of halogens is 1. The van der Waals surface area contributed by atoms with Crippen LogP contribution in [0.1, 0.15) is 32.1 Å². The first-order valence-corrected chi connectivity index (χ1v) is 7.91. The third kappa shape index (κ3) is 2.41. The van der Waals surface area contributed by atoms with Gasteiger partial charge in [-0.3, -0.25) is 4.21 Å². The van der Waals surface area contributed by atoms with Crippen LogP contribution < -0.4 is 5.73 Å². The van der Waals surface area contributed by atoms with E-state index in [-0.39, 0.29) is 22.4 Å². The van der Waals surface area contributed by atoms with Gasteiger partial charge in [-0.2, -0.15) is 0 Å². The van der Waals surface area contributed by atoms with Gasteiger partial charge in [0.2, 0.25) is 0 Å². The van der Waals surface area contributed by atoms with Gasteiger partial charge in [0.25, 0.3) is 0 Å². The van der Waals surface area contributed by atoms with Crippen molar-refractivity contribution >= 4 is 16.5 Å². The van der Waals surface area contributed by atoms with Crippen LogP contribution >= 0.6 is 0 Å². The van der Waals surface area contributed by atoms with Crippen molar-refractivity contribution in [1.82, 2.24) is 0 Å². The molecule has 1 spiro atoms. The molecule has 1 saturated carbocycles. The van der Waals surface area contributed by atoms with E-state index in [1.807, 2.05) is 0 Å². The van der Waals surface area contributed by atoms with Gasteiger partial charge in [0.15, 0.2) is 0 Å². The Balaban J connectivity index is 1.79. The molecule has 0 aromatic heterocycles. The molecule has 1 aliphatic carbocycles. The first kappa shape index (κ1) is 13.1. The summed E-state index contributed by atoms with van der Waals surface area (Å²) in [6, 6.07) is 4.11. The van der Waals surface area contributed by atoms with E-state index in [0.29, 0.717) is 11.5 Å². The van der Waals surface area contributed by atoms with Crippen LogP contribution in [0.3, 0.4) is 0 Å². The molecule has 1 heterocycles. The molecule has 3 nitrogen and oxygen atoms in total. The summed E-state index contributed by atoms with van der Waals surface area (Å²) in [4.78, 5) is 0.558. The zero-order valence-corrected chi connectivity index (χ0v) is 11.5. The van der Waals surface area contributed by atoms with Crippen LogP contribution in [0.5, 0.6) is 0 Å². The number of hydrogen-bond acceptors (Lipinski definition) is 3. The van der Waals surface area contributed by atoms with Crippen LogP contribution in [0.15, 0.2) is 23.1 Å². The van der Waals surface area contributed by atoms with Gasteiger partial charge in [0.05, 0.1) is 27.0 Å². The van der Waals surface area contributed by atoms with Gasteiger partial charge in [-0.05, 0) is 50.3 Å². The number of benzene rings is 1. The van der Waals surface area contributed by atoms with Crippen molar-refractivity contribution < 1.29 is 13.3 Å². The summed E-state index contributed by atoms with van der Waals surface area (Å²) in [7, 11) is -1.18. The second kappa shape index (κ2) is 4.87. The molecule has 0 radical (unpaired) electrons. The predicted octanol–water partition coefficient (Wildman–Crippen LogP) is 2.62. The molecule has 2 unspecified atom stereocenters. The van der Waals surface area contributed by atoms with E-state index >= 15 is 0 Å². The Morgan fingerprint density at radius 3 is 2.84 bits per heavy atom. The van der Waals surface area contributed by atoms with Crippen LogP contribution in [0.2, 0.25) is 0 Å². The van der Waals surface area contributed by atoms with Crippen LogP contribution in [0.4, 0.5) is 10.1 Å². The highest BCUT2D eigenvalue weighted by atomic mass is 32.2. The average molecular weight is 283 g/mol. The molecule has 5 heteroatoms. The number of nitrogen functional groups attached to an aromatic ring is 1. The molecule has 0 amide bonds. The molecule has 104 valence electrons. The summed E-state index contributed by atoms with van der Waals surface area (Å²) in [5.41, 5.74) is 6.03. The number of rotatable bonds is 2. The maximum absolute atomic E-state index is 13.0. The fourth-order valence-electron chi connectivity index (χ4n) is 2.97. The highest BCUT2D eigenvalue weighted by Crippen LogP contribution is 2.44. The molecule has 1 aliphatic heterocycles. The lowest BCUT2D eigenvalue weighted by molar-refractivity contribution is -0.125. The van der Waals surface area contributed by atoms with Gasteiger partial charge in [0.1, 0.15) is 5.82 Å². The van der Waals surface area contributed by atoms with Gasteiger partial charge >= 0.3 is 0 Å². The highest BCUT2D eigenvalue weighted by Gasteiger charge is 2.44. The number of nitrogens with two attached hydrogens (primary N) is 1. The van der Waals surface area contributed by atoms with E-state index in [9.17, 15) is 8.60 Å². The number of hydrogen-bond donors (Lipinski definition) is 1. The Labute approximate surface area is 114 Å². The maximum Gasteiger partial charge on any atom is 0.125 e. The molecular weight excluding hydrogens is 265 g/mol. The molecule has 1 aromatic rings. The van der Waals surface area contributed by atoms with Crippen molar-refractivity contribution in [3.8, 4) is 0 Å². The fraction of sp³-hybridized carbons (Fsp3) is 0.571. The van der Waals surface area contributed by atoms with Gasteiger partial charge < -0.3 is 10.5 Å². The van der Waals surface area contributed by atoms with E-state index in [4.69, 9.17) is 10.5 Å². The van der Waals surface area contributed by atoms with Crippen molar-refractivity contribution in [2.24, 2.45) is 0 Å². The normalized spacial score (nSPS) is 26.9. The minimum absolute atomic E-state index is 0.0344. The molecule has 2 atom stereocenters. The van der Waals surface area contributed by atoms with Crippen molar-refractivity contribution in [2.75, 3.05) is 12.3 Å². The van der Waals surface area contributed by atoms with E-state index in [1.54, 1.807) is 6.07 Å². The maximum atomic E-state index is 13.0. The van der Waals surface area contributed by atoms with E-state index < -0.39 is 10.8 Å². The molecule has 2 N–H and O–H groups in total. The Bertz CT molecular complexity index is 516. The van der Waals surface area contributed by atoms with Crippen LogP contribution in [0.25, 0.3) is 0 Å². The average Bonchev–Trinajstić information content (AvgIpc) is 2.36. The topological polar surface area (TPSA) is 52.3 Å². The molecule has 2 fully saturated rings. The van der Waals surface area contributed by atoms with Gasteiger partial charge in [-0.1, -0.05) is 0 Å². The van der Waals surface area contributed by atoms with Gasteiger partial charge in [-0.25, -0.2) is 4.39 Å². The van der Waals surface area contributed by atoms with Crippen LogP contribution in [-0.4, -0.2) is 21.7 Å². The third-order valence-corrected chi connectivity index (χ3v) is 6.02. The van der Waals surface area contributed by atoms with E-state index in [2.05, 4.69) is 0 Å². The summed E-state index contributed by atoms with van der Waals surface area (Å²) >= 11 is 0. The quantitative estimate of drug-likeness (QED) is 0.849. The molecule has 3 rings (SSSR count). The Kier molecular flexibility index (Phi) is 3.35. The molecule has 0 bridgehead atoms. The number of anilines is 1. The van der Waals surface area contributed by atoms with Crippen molar-refractivity contribution in [2.45, 2.75) is 47.9 Å². The third-order valence-electron chi connectivity index (χ3n) is 4.20. The minimum atomic E-state index is -1.18. The highest BCUT2D eigenvalue weighted by molar-refractivity contribution is 7.85. The second-order valence-corrected chi connectivity index (χ2v) is 7.18. The smallest absolute Gasteiger partial charge is 0.125 e. The summed E-state index contributed by atoms with van der Waals surface area (Å²) < 4.78 is 31.5. The zero-order chi connectivity index (χ0) is 13.5. The Morgan fingerprint density at radius 1 is 1.42 bits per heavy atom. The SMILES string of the molecule is Nc1cc(F)ccc1S(=O)C1CCOC2(CCC2)C1. The predicted molar refractivity (Wildman–Crippen MR) is 72.8 cm³/mol. The minimum Gasteiger partial charge on any atom is -0.398 e. The van der Waals surface area contributed by atoms with Crippen molar-refractivity contribution in [3.05, 3.63) is 24.0 Å². The standard InChI is InChI=1S/C14H18FNO2S/c15-10-2-3-13(12(16)8-10)19(17)11-4-7-18-14(9-11)5-1-6-14/h2-3,8,11H,1,4-7,9,16H2. The summed E-state index contributed by atoms with van der Waals surface area (Å²) in [6.45, 7) is 0.664. The van der Waals surface area contributed by atoms with Gasteiger partial charge in [-0.15, -0.1) is 0 Å². The van der Waals surface area contributed by atoms with E-state index in [1.165, 1.54) is 18.6 Å². The monoisotopic (exact) mass is 283 g/mol. The first-order valence-electron chi connectivity index (χ1n) is 6.69. The first-order chi connectivity index (χ1) is 9.10. The number of ether oxygens (including phenoxy) is 1. The van der Waals surface area contributed by atoms with Crippen molar-refractivity contribution in [3.63, 3.8) is 0 Å². The van der Waals surface area contributed by atoms with Crippen LogP contribution in [-0.2, 0) is 15.5 Å². The van der Waals surface area contributed by atoms with Crippen molar-refractivity contribution in [1.29, 1.82) is 0 Å². The zero-order valence-electron chi connectivity index (χ0n) is 10.7. The molecule has 1 saturated heterocycles. The lowest BCUT2D eigenvalue weighted by Crippen LogP contribution is -2.48. The molecule has 19 heavy (non-hydrogen) atoms. The molecule has 2 aliphatic rings. The summed E-state index contributed by atoms with van der Waals surface area (Å²) in [5.74, 6) is -0.388. The fourth-order valence-corrected chi connectivity index (χ4v) is 4.59. The largest absolute Gasteiger partial charge is 0.398 e. The Hall–Kier alpha value is -0.940. The summed E-state index contributed by atoms with van der Waals surface area (Å²) in [5, 5.41) is 0.0711. The lowest BCUT2D eigenvalue weighted by atomic mass is 9.75. The Morgan fingerprint density at radius 2 is 2.21 bits per heavy atom. The summed E-state index contributed by atoms with van der Waals surface area (Å²) in [6.07, 6.45) is 4.94. The van der Waals surface area contributed by atoms with Gasteiger partial charge in [0, 0.05) is 11.9 Å². The van der Waals surface area contributed by atoms with E-state index in [0.717, 1.165) is 25.7 Å². The van der Waals surface area contributed by atoms with Crippen LogP contribution in [0, 0.1) is 5.82 Å². The second-order valence-electron chi connectivity index (χ2n) is 5.48. The molecule has 1 aromatic carbocycles. The molecular formula is C14H18FNO2S.